The number of carbonyl (C=O) groups excluding carboxylic acids is 1. The predicted molar refractivity (Wildman–Crippen MR) is 133 cm³/mol. The van der Waals surface area contributed by atoms with Crippen molar-refractivity contribution < 1.29 is 18.0 Å². The molecule has 5 rings (SSSR count). The Morgan fingerprint density at radius 2 is 1.84 bits per heavy atom. The molecule has 0 radical (unpaired) electrons. The number of likely N-dealkylation sites (tertiary alicyclic amines) is 1. The molecule has 192 valence electrons. The first-order chi connectivity index (χ1) is 17.8. The van der Waals surface area contributed by atoms with E-state index in [0.717, 1.165) is 62.0 Å². The Morgan fingerprint density at radius 3 is 2.57 bits per heavy atom. The molecule has 7 nitrogen and oxygen atoms in total. The van der Waals surface area contributed by atoms with Crippen LogP contribution >= 0.6 is 0 Å². The van der Waals surface area contributed by atoms with Gasteiger partial charge in [-0.25, -0.2) is 9.97 Å². The Morgan fingerprint density at radius 1 is 1.08 bits per heavy atom. The van der Waals surface area contributed by atoms with E-state index < -0.39 is 11.7 Å². The molecule has 2 heterocycles. The largest absolute Gasteiger partial charge is 0.416 e. The molecule has 2 aliphatic rings. The van der Waals surface area contributed by atoms with Crippen molar-refractivity contribution in [2.24, 2.45) is 0 Å². The molecule has 37 heavy (non-hydrogen) atoms. The number of nitrogens with zero attached hydrogens (tertiary/aromatic N) is 4. The molecule has 1 aliphatic heterocycles. The third-order valence-corrected chi connectivity index (χ3v) is 7.39. The van der Waals surface area contributed by atoms with Gasteiger partial charge in [0.05, 0.1) is 35.3 Å². The van der Waals surface area contributed by atoms with Gasteiger partial charge in [0, 0.05) is 24.5 Å². The van der Waals surface area contributed by atoms with Crippen LogP contribution in [0.3, 0.4) is 0 Å². The lowest BCUT2D eigenvalue weighted by molar-refractivity contribution is -0.137. The summed E-state index contributed by atoms with van der Waals surface area (Å²) in [5.41, 5.74) is 1.49. The number of nitrogens with one attached hydrogen (secondary N) is 2. The SMILES string of the molecule is N#Cc1ccccc1C1CCC(N2CC(NC(=O)CNc3ncnc4ccc(C(F)(F)F)cc34)C2)CC1. The first kappa shape index (κ1) is 25.0. The molecule has 0 atom stereocenters. The molecule has 2 N–H and O–H groups in total. The maximum absolute atomic E-state index is 13.1. The first-order valence-corrected chi connectivity index (χ1v) is 12.4. The van der Waals surface area contributed by atoms with Gasteiger partial charge in [-0.2, -0.15) is 18.4 Å². The highest BCUT2D eigenvalue weighted by Gasteiger charge is 2.36. The topological polar surface area (TPSA) is 93.9 Å². The zero-order valence-corrected chi connectivity index (χ0v) is 20.1. The number of rotatable bonds is 6. The average Bonchev–Trinajstić information content (AvgIpc) is 2.88. The number of carbonyl (C=O) groups is 1. The molecule has 1 amide bonds. The number of fused-ring (bicyclic) bond motifs is 1. The van der Waals surface area contributed by atoms with Gasteiger partial charge in [-0.05, 0) is 61.4 Å². The van der Waals surface area contributed by atoms with Crippen LogP contribution in [0.1, 0.15) is 48.3 Å². The third-order valence-electron chi connectivity index (χ3n) is 7.39. The van der Waals surface area contributed by atoms with Gasteiger partial charge in [-0.1, -0.05) is 18.2 Å². The summed E-state index contributed by atoms with van der Waals surface area (Å²) in [6.07, 6.45) is 0.997. The van der Waals surface area contributed by atoms with E-state index in [1.165, 1.54) is 12.4 Å². The summed E-state index contributed by atoms with van der Waals surface area (Å²) in [5.74, 6) is 0.372. The predicted octanol–water partition coefficient (Wildman–Crippen LogP) is 4.46. The van der Waals surface area contributed by atoms with Crippen LogP contribution in [-0.4, -0.2) is 52.5 Å². The molecule has 1 saturated carbocycles. The average molecular weight is 509 g/mol. The van der Waals surface area contributed by atoms with Crippen molar-refractivity contribution in [2.75, 3.05) is 25.0 Å². The molecule has 10 heteroatoms. The fourth-order valence-corrected chi connectivity index (χ4v) is 5.43. The number of halogens is 3. The van der Waals surface area contributed by atoms with E-state index in [1.54, 1.807) is 0 Å². The number of alkyl halides is 3. The lowest BCUT2D eigenvalue weighted by atomic mass is 9.79. The highest BCUT2D eigenvalue weighted by atomic mass is 19.4. The van der Waals surface area contributed by atoms with Crippen LogP contribution in [0.2, 0.25) is 0 Å². The van der Waals surface area contributed by atoms with Crippen LogP contribution in [0.4, 0.5) is 19.0 Å². The molecule has 1 saturated heterocycles. The normalized spacial score (nSPS) is 20.7. The second-order valence-corrected chi connectivity index (χ2v) is 9.73. The monoisotopic (exact) mass is 508 g/mol. The first-order valence-electron chi connectivity index (χ1n) is 12.4. The molecule has 1 aliphatic carbocycles. The van der Waals surface area contributed by atoms with E-state index in [1.807, 2.05) is 18.2 Å². The summed E-state index contributed by atoms with van der Waals surface area (Å²) < 4.78 is 39.3. The summed E-state index contributed by atoms with van der Waals surface area (Å²) in [5, 5.41) is 15.4. The summed E-state index contributed by atoms with van der Waals surface area (Å²) in [6, 6.07) is 13.9. The minimum atomic E-state index is -4.48. The number of aromatic nitrogens is 2. The van der Waals surface area contributed by atoms with Crippen molar-refractivity contribution in [3.05, 3.63) is 65.5 Å². The molecule has 2 aromatic carbocycles. The highest BCUT2D eigenvalue weighted by molar-refractivity contribution is 5.91. The number of anilines is 1. The maximum atomic E-state index is 13.1. The van der Waals surface area contributed by atoms with Crippen LogP contribution < -0.4 is 10.6 Å². The van der Waals surface area contributed by atoms with Gasteiger partial charge in [0.2, 0.25) is 5.91 Å². The zero-order valence-electron chi connectivity index (χ0n) is 20.1. The molecule has 0 bridgehead atoms. The second kappa shape index (κ2) is 10.3. The van der Waals surface area contributed by atoms with E-state index in [0.29, 0.717) is 17.5 Å². The van der Waals surface area contributed by atoms with E-state index in [-0.39, 0.29) is 29.7 Å². The zero-order chi connectivity index (χ0) is 26.0. The lowest BCUT2D eigenvalue weighted by Crippen LogP contribution is -2.63. The fraction of sp³-hybridized carbons (Fsp3) is 0.407. The summed E-state index contributed by atoms with van der Waals surface area (Å²) in [6.45, 7) is 1.46. The Hall–Kier alpha value is -3.71. The lowest BCUT2D eigenvalue weighted by Gasteiger charge is -2.46. The van der Waals surface area contributed by atoms with E-state index in [9.17, 15) is 23.2 Å². The molecule has 3 aromatic rings. The van der Waals surface area contributed by atoms with Gasteiger partial charge in [0.15, 0.2) is 0 Å². The van der Waals surface area contributed by atoms with Crippen molar-refractivity contribution in [1.29, 1.82) is 5.26 Å². The number of hydrogen-bond donors (Lipinski definition) is 2. The Kier molecular flexibility index (Phi) is 6.98. The summed E-state index contributed by atoms with van der Waals surface area (Å²) >= 11 is 0. The molecule has 0 unspecified atom stereocenters. The number of benzene rings is 2. The van der Waals surface area contributed by atoms with Crippen LogP contribution in [0, 0.1) is 11.3 Å². The van der Waals surface area contributed by atoms with Gasteiger partial charge in [0.25, 0.3) is 0 Å². The minimum absolute atomic E-state index is 0.0466. The van der Waals surface area contributed by atoms with Crippen molar-refractivity contribution in [2.45, 2.75) is 49.9 Å². The summed E-state index contributed by atoms with van der Waals surface area (Å²) in [4.78, 5) is 22.9. The number of amides is 1. The van der Waals surface area contributed by atoms with Gasteiger partial charge in [-0.3, -0.25) is 9.69 Å². The van der Waals surface area contributed by atoms with Crippen molar-refractivity contribution in [3.63, 3.8) is 0 Å². The fourth-order valence-electron chi connectivity index (χ4n) is 5.43. The highest BCUT2D eigenvalue weighted by Crippen LogP contribution is 2.37. The molecule has 0 spiro atoms. The van der Waals surface area contributed by atoms with Crippen LogP contribution in [-0.2, 0) is 11.0 Å². The van der Waals surface area contributed by atoms with Gasteiger partial charge < -0.3 is 10.6 Å². The molecular formula is C27H27F3N6O. The van der Waals surface area contributed by atoms with E-state index >= 15 is 0 Å². The number of nitriles is 1. The van der Waals surface area contributed by atoms with E-state index in [2.05, 4.69) is 37.6 Å². The third kappa shape index (κ3) is 5.52. The van der Waals surface area contributed by atoms with Gasteiger partial charge >= 0.3 is 6.18 Å². The van der Waals surface area contributed by atoms with Crippen LogP contribution in [0.25, 0.3) is 10.9 Å². The Labute approximate surface area is 212 Å². The van der Waals surface area contributed by atoms with Crippen molar-refractivity contribution >= 4 is 22.6 Å². The van der Waals surface area contributed by atoms with Crippen molar-refractivity contribution in [3.8, 4) is 6.07 Å². The van der Waals surface area contributed by atoms with Crippen molar-refractivity contribution in [1.82, 2.24) is 20.2 Å². The smallest absolute Gasteiger partial charge is 0.360 e. The van der Waals surface area contributed by atoms with Crippen LogP contribution in [0.5, 0.6) is 0 Å². The van der Waals surface area contributed by atoms with Gasteiger partial charge in [0.1, 0.15) is 12.1 Å². The van der Waals surface area contributed by atoms with Crippen LogP contribution in [0.15, 0.2) is 48.8 Å². The second-order valence-electron chi connectivity index (χ2n) is 9.73. The van der Waals surface area contributed by atoms with E-state index in [4.69, 9.17) is 0 Å². The summed E-state index contributed by atoms with van der Waals surface area (Å²) in [7, 11) is 0. The minimum Gasteiger partial charge on any atom is -0.360 e. The molecule has 2 fully saturated rings. The molecule has 1 aromatic heterocycles. The Bertz CT molecular complexity index is 1320. The van der Waals surface area contributed by atoms with Gasteiger partial charge in [-0.15, -0.1) is 0 Å². The quantitative estimate of drug-likeness (QED) is 0.511. The standard InChI is InChI=1S/C27H27F3N6O/c28-27(29,30)19-7-10-24-23(11-19)26(34-16-33-24)32-13-25(37)35-20-14-36(15-20)21-8-5-17(6-9-21)22-4-2-1-3-18(22)12-31/h1-4,7,10-11,16-17,20-21H,5-6,8-9,13-15H2,(H,35,37)(H,32,33,34). The molecular weight excluding hydrogens is 481 g/mol. The number of hydrogen-bond acceptors (Lipinski definition) is 6. The maximum Gasteiger partial charge on any atom is 0.416 e. The Balaban J connectivity index is 1.09.